The number of carbonyl (C=O) groups is 2. The Labute approximate surface area is 160 Å². The van der Waals surface area contributed by atoms with Crippen LogP contribution in [0.5, 0.6) is 0 Å². The molecule has 142 valence electrons. The smallest absolute Gasteiger partial charge is 0.228 e. The van der Waals surface area contributed by atoms with E-state index in [1.807, 2.05) is 24.3 Å². The molecule has 1 atom stereocenters. The summed E-state index contributed by atoms with van der Waals surface area (Å²) < 4.78 is 6.28. The number of ketones is 1. The average molecular weight is 365 g/mol. The minimum absolute atomic E-state index is 0.0657. The summed E-state index contributed by atoms with van der Waals surface area (Å²) in [6, 6.07) is 7.92. The zero-order valence-electron chi connectivity index (χ0n) is 16.0. The summed E-state index contributed by atoms with van der Waals surface area (Å²) in [6.45, 7) is 4.42. The van der Waals surface area contributed by atoms with Crippen LogP contribution in [0.15, 0.2) is 29.8 Å². The third-order valence-electron chi connectivity index (χ3n) is 7.11. The lowest BCUT2D eigenvalue weighted by molar-refractivity contribution is -0.138. The fourth-order valence-corrected chi connectivity index (χ4v) is 5.00. The van der Waals surface area contributed by atoms with Crippen LogP contribution in [0.3, 0.4) is 0 Å². The average Bonchev–Trinajstić information content (AvgIpc) is 3.46. The van der Waals surface area contributed by atoms with Gasteiger partial charge in [-0.05, 0) is 49.2 Å². The highest BCUT2D eigenvalue weighted by atomic mass is 16.5. The third kappa shape index (κ3) is 2.94. The van der Waals surface area contributed by atoms with Gasteiger partial charge in [-0.2, -0.15) is 0 Å². The fraction of sp³-hybridized carbons (Fsp3) is 0.565. The molecule has 1 saturated heterocycles. The summed E-state index contributed by atoms with van der Waals surface area (Å²) in [7, 11) is 0. The zero-order valence-corrected chi connectivity index (χ0v) is 16.0. The SMILES string of the molecule is CC1(C(=O)N2CCC(C3CC4=C(CO3)c3ccccc3C(=O)C4)CC2)CC1. The number of benzene rings is 1. The molecule has 1 amide bonds. The first-order valence-corrected chi connectivity index (χ1v) is 10.3. The van der Waals surface area contributed by atoms with Gasteiger partial charge >= 0.3 is 0 Å². The van der Waals surface area contributed by atoms with Crippen molar-refractivity contribution in [1.29, 1.82) is 0 Å². The molecule has 2 fully saturated rings. The molecule has 0 aromatic heterocycles. The Kier molecular flexibility index (Phi) is 4.01. The molecule has 4 nitrogen and oxygen atoms in total. The van der Waals surface area contributed by atoms with Crippen molar-refractivity contribution >= 4 is 17.3 Å². The Morgan fingerprint density at radius 2 is 1.85 bits per heavy atom. The molecule has 2 aliphatic carbocycles. The maximum atomic E-state index is 12.6. The first kappa shape index (κ1) is 17.2. The Balaban J connectivity index is 1.27. The second-order valence-corrected chi connectivity index (χ2v) is 8.97. The molecule has 0 radical (unpaired) electrons. The first-order valence-electron chi connectivity index (χ1n) is 10.3. The maximum absolute atomic E-state index is 12.6. The van der Waals surface area contributed by atoms with Crippen molar-refractivity contribution in [3.8, 4) is 0 Å². The van der Waals surface area contributed by atoms with Gasteiger partial charge in [0.15, 0.2) is 5.78 Å². The largest absolute Gasteiger partial charge is 0.373 e. The molecule has 2 heterocycles. The van der Waals surface area contributed by atoms with E-state index in [0.717, 1.165) is 56.3 Å². The summed E-state index contributed by atoms with van der Waals surface area (Å²) in [5.41, 5.74) is 4.36. The van der Waals surface area contributed by atoms with Gasteiger partial charge in [0.1, 0.15) is 0 Å². The number of carbonyl (C=O) groups excluding carboxylic acids is 2. The maximum Gasteiger partial charge on any atom is 0.228 e. The molecule has 27 heavy (non-hydrogen) atoms. The highest BCUT2D eigenvalue weighted by Gasteiger charge is 2.47. The molecule has 1 aromatic rings. The quantitative estimate of drug-likeness (QED) is 0.800. The van der Waals surface area contributed by atoms with Crippen molar-refractivity contribution < 1.29 is 14.3 Å². The third-order valence-corrected chi connectivity index (χ3v) is 7.11. The molecule has 4 heteroatoms. The molecule has 1 aromatic carbocycles. The lowest BCUT2D eigenvalue weighted by atomic mass is 9.78. The number of nitrogens with zero attached hydrogens (tertiary/aromatic N) is 1. The molecule has 0 N–H and O–H groups in total. The van der Waals surface area contributed by atoms with E-state index >= 15 is 0 Å². The fourth-order valence-electron chi connectivity index (χ4n) is 5.00. The van der Waals surface area contributed by atoms with Gasteiger partial charge in [-0.1, -0.05) is 36.8 Å². The van der Waals surface area contributed by atoms with Crippen LogP contribution in [0.4, 0.5) is 0 Å². The molecule has 0 bridgehead atoms. The minimum Gasteiger partial charge on any atom is -0.373 e. The van der Waals surface area contributed by atoms with Crippen LogP contribution < -0.4 is 0 Å². The summed E-state index contributed by atoms with van der Waals surface area (Å²) in [4.78, 5) is 27.1. The van der Waals surface area contributed by atoms with E-state index in [2.05, 4.69) is 11.8 Å². The number of hydrogen-bond acceptors (Lipinski definition) is 3. The lowest BCUT2D eigenvalue weighted by Crippen LogP contribution is -2.45. The molecule has 2 aliphatic heterocycles. The zero-order chi connectivity index (χ0) is 18.6. The number of ether oxygens (including phenoxy) is 1. The summed E-state index contributed by atoms with van der Waals surface area (Å²) in [5.74, 6) is 1.08. The van der Waals surface area contributed by atoms with Crippen LogP contribution in [-0.4, -0.2) is 42.4 Å². The van der Waals surface area contributed by atoms with Crippen molar-refractivity contribution in [3.63, 3.8) is 0 Å². The van der Waals surface area contributed by atoms with Gasteiger partial charge in [0.2, 0.25) is 5.91 Å². The van der Waals surface area contributed by atoms with Crippen LogP contribution in [0.2, 0.25) is 0 Å². The topological polar surface area (TPSA) is 46.6 Å². The van der Waals surface area contributed by atoms with Gasteiger partial charge in [-0.15, -0.1) is 0 Å². The second kappa shape index (κ2) is 6.30. The molecule has 4 aliphatic rings. The van der Waals surface area contributed by atoms with Gasteiger partial charge in [-0.3, -0.25) is 9.59 Å². The summed E-state index contributed by atoms with van der Waals surface area (Å²) in [5, 5.41) is 0. The van der Waals surface area contributed by atoms with Gasteiger partial charge < -0.3 is 9.64 Å². The number of piperidine rings is 1. The van der Waals surface area contributed by atoms with Gasteiger partial charge in [0, 0.05) is 30.5 Å². The van der Waals surface area contributed by atoms with Crippen molar-refractivity contribution in [2.75, 3.05) is 19.7 Å². The highest BCUT2D eigenvalue weighted by Crippen LogP contribution is 2.47. The van der Waals surface area contributed by atoms with Crippen LogP contribution in [-0.2, 0) is 9.53 Å². The lowest BCUT2D eigenvalue weighted by Gasteiger charge is -2.40. The van der Waals surface area contributed by atoms with Crippen LogP contribution in [0, 0.1) is 11.3 Å². The van der Waals surface area contributed by atoms with Gasteiger partial charge in [-0.25, -0.2) is 0 Å². The van der Waals surface area contributed by atoms with E-state index in [1.165, 1.54) is 11.1 Å². The molecule has 1 unspecified atom stereocenters. The van der Waals surface area contributed by atoms with E-state index in [1.54, 1.807) is 0 Å². The van der Waals surface area contributed by atoms with E-state index in [4.69, 9.17) is 4.74 Å². The van der Waals surface area contributed by atoms with Crippen molar-refractivity contribution in [2.24, 2.45) is 11.3 Å². The predicted octanol–water partition coefficient (Wildman–Crippen LogP) is 3.85. The van der Waals surface area contributed by atoms with E-state index in [-0.39, 0.29) is 17.3 Å². The Bertz CT molecular complexity index is 828. The van der Waals surface area contributed by atoms with Crippen LogP contribution in [0.25, 0.3) is 5.57 Å². The van der Waals surface area contributed by atoms with Crippen LogP contribution >= 0.6 is 0 Å². The Hall–Kier alpha value is -1.94. The second-order valence-electron chi connectivity index (χ2n) is 8.97. The first-order chi connectivity index (χ1) is 13.0. The summed E-state index contributed by atoms with van der Waals surface area (Å²) in [6.07, 6.45) is 5.72. The molecule has 1 saturated carbocycles. The number of hydrogen-bond donors (Lipinski definition) is 0. The molecular formula is C23H27NO3. The number of Topliss-reactive ketones (excluding diaryl/α,β-unsaturated/α-hetero) is 1. The molecule has 0 spiro atoms. The molecule has 5 rings (SSSR count). The number of amides is 1. The van der Waals surface area contributed by atoms with E-state index in [0.29, 0.717) is 24.9 Å². The van der Waals surface area contributed by atoms with Crippen LogP contribution in [0.1, 0.15) is 61.4 Å². The molecular weight excluding hydrogens is 338 g/mol. The number of likely N-dealkylation sites (tertiary alicyclic amines) is 1. The monoisotopic (exact) mass is 365 g/mol. The van der Waals surface area contributed by atoms with Crippen molar-refractivity contribution in [2.45, 2.75) is 51.6 Å². The highest BCUT2D eigenvalue weighted by molar-refractivity contribution is 6.06. The minimum atomic E-state index is -0.0657. The predicted molar refractivity (Wildman–Crippen MR) is 103 cm³/mol. The standard InChI is InChI=1S/C23H27NO3/c1-23(8-9-23)22(26)24-10-6-15(7-11-24)21-13-16-12-20(25)18-5-3-2-4-17(18)19(16)14-27-21/h2-5,15,21H,6-14H2,1H3. The Morgan fingerprint density at radius 3 is 2.56 bits per heavy atom. The number of rotatable bonds is 2. The Morgan fingerprint density at radius 1 is 1.15 bits per heavy atom. The van der Waals surface area contributed by atoms with Gasteiger partial charge in [0.25, 0.3) is 0 Å². The summed E-state index contributed by atoms with van der Waals surface area (Å²) >= 11 is 0. The number of fused-ring (bicyclic) bond motifs is 2. The van der Waals surface area contributed by atoms with E-state index < -0.39 is 0 Å². The van der Waals surface area contributed by atoms with Gasteiger partial charge in [0.05, 0.1) is 12.7 Å². The van der Waals surface area contributed by atoms with Crippen molar-refractivity contribution in [1.82, 2.24) is 4.90 Å². The van der Waals surface area contributed by atoms with Crippen molar-refractivity contribution in [3.05, 3.63) is 41.0 Å². The normalized spacial score (nSPS) is 27.2. The van der Waals surface area contributed by atoms with E-state index in [9.17, 15) is 9.59 Å².